The second kappa shape index (κ2) is 7.25. The van der Waals surface area contributed by atoms with Crippen LogP contribution in [0.5, 0.6) is 0 Å². The first-order valence-electron chi connectivity index (χ1n) is 5.99. The minimum absolute atomic E-state index is 0.112. The van der Waals surface area contributed by atoms with Gasteiger partial charge in [-0.05, 0) is 12.1 Å². The Balaban J connectivity index is 1.78. The molecule has 1 aromatic heterocycles. The third kappa shape index (κ3) is 4.21. The lowest BCUT2D eigenvalue weighted by Gasteiger charge is -2.01. The van der Waals surface area contributed by atoms with Gasteiger partial charge in [-0.1, -0.05) is 23.5 Å². The fourth-order valence-corrected chi connectivity index (χ4v) is 3.10. The van der Waals surface area contributed by atoms with Gasteiger partial charge in [0, 0.05) is 5.75 Å². The summed E-state index contributed by atoms with van der Waals surface area (Å²) in [7, 11) is 1.35. The normalized spacial score (nSPS) is 10.4. The number of hydrogen-bond donors (Lipinski definition) is 1. The molecule has 0 aliphatic heterocycles. The van der Waals surface area contributed by atoms with Gasteiger partial charge in [0.05, 0.1) is 29.5 Å². The van der Waals surface area contributed by atoms with E-state index in [1.54, 1.807) is 0 Å². The molecule has 1 heterocycles. The summed E-state index contributed by atoms with van der Waals surface area (Å²) >= 11 is 2.84. The third-order valence-electron chi connectivity index (χ3n) is 2.45. The molecule has 0 saturated heterocycles. The number of para-hydroxylation sites is 1. The molecule has 0 aliphatic carbocycles. The maximum Gasteiger partial charge on any atom is 0.306 e. The summed E-state index contributed by atoms with van der Waals surface area (Å²) in [4.78, 5) is 27.0. The highest BCUT2D eigenvalue weighted by Gasteiger charge is 2.08. The highest BCUT2D eigenvalue weighted by molar-refractivity contribution is 7.99. The van der Waals surface area contributed by atoms with E-state index in [1.807, 2.05) is 24.3 Å². The Hall–Kier alpha value is -1.60. The van der Waals surface area contributed by atoms with E-state index in [1.165, 1.54) is 30.2 Å². The summed E-state index contributed by atoms with van der Waals surface area (Å²) in [6, 6.07) is 7.73. The molecule has 1 N–H and O–H groups in total. The lowest BCUT2D eigenvalue weighted by atomic mass is 10.3. The lowest BCUT2D eigenvalue weighted by Crippen LogP contribution is -2.14. The van der Waals surface area contributed by atoms with Crippen LogP contribution >= 0.6 is 23.1 Å². The molecule has 106 valence electrons. The number of amides is 1. The summed E-state index contributed by atoms with van der Waals surface area (Å²) in [6.45, 7) is 0. The van der Waals surface area contributed by atoms with E-state index in [0.29, 0.717) is 23.1 Å². The number of carbonyl (C=O) groups excluding carboxylic acids is 2. The SMILES string of the molecule is COC(=O)CCSCC(=O)Nc1nc2ccccc2s1. The topological polar surface area (TPSA) is 68.3 Å². The molecule has 1 aromatic carbocycles. The zero-order valence-corrected chi connectivity index (χ0v) is 12.6. The highest BCUT2D eigenvalue weighted by atomic mass is 32.2. The number of anilines is 1. The molecule has 0 unspecified atom stereocenters. The first-order chi connectivity index (χ1) is 9.69. The van der Waals surface area contributed by atoms with Crippen molar-refractivity contribution in [2.45, 2.75) is 6.42 Å². The average molecular weight is 310 g/mol. The van der Waals surface area contributed by atoms with Crippen LogP contribution in [0.1, 0.15) is 6.42 Å². The summed E-state index contributed by atoms with van der Waals surface area (Å²) in [5.74, 6) is 0.496. The van der Waals surface area contributed by atoms with Crippen molar-refractivity contribution in [3.8, 4) is 0 Å². The van der Waals surface area contributed by atoms with Crippen molar-refractivity contribution in [3.05, 3.63) is 24.3 Å². The average Bonchev–Trinajstić information content (AvgIpc) is 2.85. The number of carbonyl (C=O) groups is 2. The van der Waals surface area contributed by atoms with Gasteiger partial charge in [0.2, 0.25) is 5.91 Å². The Labute approximate surface area is 124 Å². The highest BCUT2D eigenvalue weighted by Crippen LogP contribution is 2.25. The minimum atomic E-state index is -0.260. The number of hydrogen-bond acceptors (Lipinski definition) is 6. The van der Waals surface area contributed by atoms with Crippen LogP contribution in [0, 0.1) is 0 Å². The fraction of sp³-hybridized carbons (Fsp3) is 0.308. The van der Waals surface area contributed by atoms with Gasteiger partial charge < -0.3 is 10.1 Å². The maximum atomic E-state index is 11.7. The monoisotopic (exact) mass is 310 g/mol. The molecule has 0 saturated carbocycles. The van der Waals surface area contributed by atoms with Gasteiger partial charge in [0.25, 0.3) is 0 Å². The first kappa shape index (κ1) is 14.8. The summed E-state index contributed by atoms with van der Waals surface area (Å²) < 4.78 is 5.57. The number of benzene rings is 1. The van der Waals surface area contributed by atoms with Crippen LogP contribution in [0.2, 0.25) is 0 Å². The molecule has 7 heteroatoms. The Bertz CT molecular complexity index is 579. The van der Waals surface area contributed by atoms with Crippen LogP contribution in [0.25, 0.3) is 10.2 Å². The molecule has 5 nitrogen and oxygen atoms in total. The largest absolute Gasteiger partial charge is 0.469 e. The molecule has 20 heavy (non-hydrogen) atoms. The van der Waals surface area contributed by atoms with Crippen molar-refractivity contribution in [3.63, 3.8) is 0 Å². The maximum absolute atomic E-state index is 11.7. The Morgan fingerprint density at radius 3 is 2.95 bits per heavy atom. The predicted molar refractivity (Wildman–Crippen MR) is 82.2 cm³/mol. The van der Waals surface area contributed by atoms with Gasteiger partial charge in [-0.3, -0.25) is 9.59 Å². The van der Waals surface area contributed by atoms with Crippen molar-refractivity contribution in [1.82, 2.24) is 4.98 Å². The molecule has 2 aromatic rings. The van der Waals surface area contributed by atoms with E-state index in [-0.39, 0.29) is 11.9 Å². The number of thiazole rings is 1. The van der Waals surface area contributed by atoms with E-state index in [0.717, 1.165) is 10.2 Å². The number of aromatic nitrogens is 1. The zero-order valence-electron chi connectivity index (χ0n) is 10.9. The Morgan fingerprint density at radius 1 is 1.40 bits per heavy atom. The first-order valence-corrected chi connectivity index (χ1v) is 7.96. The van der Waals surface area contributed by atoms with Gasteiger partial charge in [0.1, 0.15) is 0 Å². The van der Waals surface area contributed by atoms with Crippen LogP contribution < -0.4 is 5.32 Å². The number of nitrogens with one attached hydrogen (secondary N) is 1. The molecule has 0 atom stereocenters. The minimum Gasteiger partial charge on any atom is -0.469 e. The van der Waals surface area contributed by atoms with Crippen LogP contribution in [-0.2, 0) is 14.3 Å². The van der Waals surface area contributed by atoms with Crippen molar-refractivity contribution in [2.75, 3.05) is 23.9 Å². The Morgan fingerprint density at radius 2 is 2.20 bits per heavy atom. The molecule has 0 aliphatic rings. The predicted octanol–water partition coefficient (Wildman–Crippen LogP) is 2.53. The molecule has 0 radical (unpaired) electrons. The fourth-order valence-electron chi connectivity index (χ4n) is 1.50. The van der Waals surface area contributed by atoms with E-state index >= 15 is 0 Å². The number of methoxy groups -OCH3 is 1. The van der Waals surface area contributed by atoms with E-state index in [9.17, 15) is 9.59 Å². The molecular formula is C13H14N2O3S2. The summed E-state index contributed by atoms with van der Waals surface area (Å²) in [5.41, 5.74) is 0.881. The van der Waals surface area contributed by atoms with Crippen molar-refractivity contribution >= 4 is 50.3 Å². The van der Waals surface area contributed by atoms with Crippen LogP contribution in [0.3, 0.4) is 0 Å². The van der Waals surface area contributed by atoms with E-state index in [4.69, 9.17) is 0 Å². The standard InChI is InChI=1S/C13H14N2O3S2/c1-18-12(17)6-7-19-8-11(16)15-13-14-9-4-2-3-5-10(9)20-13/h2-5H,6-8H2,1H3,(H,14,15,16). The molecule has 0 spiro atoms. The number of ether oxygens (including phenoxy) is 1. The van der Waals surface area contributed by atoms with Crippen molar-refractivity contribution < 1.29 is 14.3 Å². The second-order valence-electron chi connectivity index (χ2n) is 3.91. The second-order valence-corrected chi connectivity index (χ2v) is 6.05. The Kier molecular flexibility index (Phi) is 5.37. The molecule has 0 bridgehead atoms. The van der Waals surface area contributed by atoms with Gasteiger partial charge in [0.15, 0.2) is 5.13 Å². The van der Waals surface area contributed by atoms with Gasteiger partial charge >= 0.3 is 5.97 Å². The third-order valence-corrected chi connectivity index (χ3v) is 4.36. The summed E-state index contributed by atoms with van der Waals surface area (Å²) in [6.07, 6.45) is 0.315. The smallest absolute Gasteiger partial charge is 0.306 e. The molecule has 0 fully saturated rings. The van der Waals surface area contributed by atoms with Crippen LogP contribution in [0.4, 0.5) is 5.13 Å². The van der Waals surface area contributed by atoms with E-state index in [2.05, 4.69) is 15.0 Å². The molecule has 2 rings (SSSR count). The number of rotatable bonds is 6. The van der Waals surface area contributed by atoms with Crippen molar-refractivity contribution in [2.24, 2.45) is 0 Å². The number of nitrogens with zero attached hydrogens (tertiary/aromatic N) is 1. The van der Waals surface area contributed by atoms with E-state index < -0.39 is 0 Å². The van der Waals surface area contributed by atoms with Gasteiger partial charge in [-0.25, -0.2) is 4.98 Å². The molecule has 1 amide bonds. The van der Waals surface area contributed by atoms with Crippen LogP contribution in [0.15, 0.2) is 24.3 Å². The van der Waals surface area contributed by atoms with Crippen LogP contribution in [-0.4, -0.2) is 35.5 Å². The zero-order chi connectivity index (χ0) is 14.4. The lowest BCUT2D eigenvalue weighted by molar-refractivity contribution is -0.140. The number of thioether (sulfide) groups is 1. The quantitative estimate of drug-likeness (QED) is 0.656. The van der Waals surface area contributed by atoms with Crippen molar-refractivity contribution in [1.29, 1.82) is 0 Å². The number of esters is 1. The van der Waals surface area contributed by atoms with Gasteiger partial charge in [-0.15, -0.1) is 0 Å². The summed E-state index contributed by atoms with van der Waals surface area (Å²) in [5, 5.41) is 3.37. The molecular weight excluding hydrogens is 296 g/mol. The van der Waals surface area contributed by atoms with Gasteiger partial charge in [-0.2, -0.15) is 11.8 Å². The number of fused-ring (bicyclic) bond motifs is 1.